The Balaban J connectivity index is 2.04. The Labute approximate surface area is 119 Å². The van der Waals surface area contributed by atoms with Crippen LogP contribution in [0.2, 0.25) is 0 Å². The van der Waals surface area contributed by atoms with Crippen LogP contribution in [0.15, 0.2) is 29.2 Å². The Morgan fingerprint density at radius 2 is 2.21 bits per heavy atom. The number of benzene rings is 1. The van der Waals surface area contributed by atoms with E-state index in [9.17, 15) is 4.79 Å². The van der Waals surface area contributed by atoms with Crippen molar-refractivity contribution in [3.8, 4) is 0 Å². The monoisotopic (exact) mass is 278 g/mol. The number of hydrogen-bond acceptors (Lipinski definition) is 3. The fraction of sp³-hybridized carbons (Fsp3) is 0.533. The minimum Gasteiger partial charge on any atom is -0.348 e. The van der Waals surface area contributed by atoms with Crippen molar-refractivity contribution in [3.63, 3.8) is 0 Å². The molecule has 1 aromatic carbocycles. The summed E-state index contributed by atoms with van der Waals surface area (Å²) in [5.74, 6) is 0.415. The van der Waals surface area contributed by atoms with Crippen LogP contribution in [0.3, 0.4) is 0 Å². The number of thioether (sulfide) groups is 1. The van der Waals surface area contributed by atoms with Crippen LogP contribution < -0.4 is 11.1 Å². The minimum atomic E-state index is -0.327. The van der Waals surface area contributed by atoms with E-state index in [2.05, 4.69) is 31.3 Å². The van der Waals surface area contributed by atoms with E-state index in [0.29, 0.717) is 12.5 Å². The standard InChI is InChI=1S/C15H22N2OS/c1-10(2)15(3,9-16)17-14(18)13-8-11-6-4-5-7-12(11)19-13/h4-7,10,13H,8-9,16H2,1-3H3,(H,17,18). The van der Waals surface area contributed by atoms with Crippen LogP contribution in [0.4, 0.5) is 0 Å². The summed E-state index contributed by atoms with van der Waals surface area (Å²) < 4.78 is 0. The molecule has 0 saturated heterocycles. The average Bonchev–Trinajstić information content (AvgIpc) is 2.82. The van der Waals surface area contributed by atoms with Crippen molar-refractivity contribution >= 4 is 17.7 Å². The highest BCUT2D eigenvalue weighted by molar-refractivity contribution is 8.01. The van der Waals surface area contributed by atoms with E-state index in [1.165, 1.54) is 10.5 Å². The number of nitrogens with two attached hydrogens (primary N) is 1. The molecule has 1 aliphatic rings. The third kappa shape index (κ3) is 2.95. The van der Waals surface area contributed by atoms with Crippen LogP contribution in [-0.4, -0.2) is 23.2 Å². The van der Waals surface area contributed by atoms with Gasteiger partial charge in [-0.1, -0.05) is 32.0 Å². The SMILES string of the molecule is CC(C)C(C)(CN)NC(=O)C1Cc2ccccc2S1. The first-order chi connectivity index (χ1) is 8.96. The molecule has 2 rings (SSSR count). The highest BCUT2D eigenvalue weighted by Crippen LogP contribution is 2.37. The number of hydrogen-bond donors (Lipinski definition) is 2. The fourth-order valence-corrected chi connectivity index (χ4v) is 3.32. The fourth-order valence-electron chi connectivity index (χ4n) is 2.12. The Morgan fingerprint density at radius 1 is 1.53 bits per heavy atom. The molecule has 104 valence electrons. The Hall–Kier alpha value is -1.00. The van der Waals surface area contributed by atoms with Gasteiger partial charge in [0.25, 0.3) is 0 Å². The molecule has 3 nitrogen and oxygen atoms in total. The van der Waals surface area contributed by atoms with Crippen molar-refractivity contribution in [2.45, 2.75) is 42.9 Å². The van der Waals surface area contributed by atoms with Crippen LogP contribution >= 0.6 is 11.8 Å². The molecule has 0 aromatic heterocycles. The summed E-state index contributed by atoms with van der Waals surface area (Å²) in [6.07, 6.45) is 0.811. The molecular formula is C15H22N2OS. The molecule has 0 radical (unpaired) electrons. The van der Waals surface area contributed by atoms with Crippen molar-refractivity contribution in [1.29, 1.82) is 0 Å². The summed E-state index contributed by atoms with van der Waals surface area (Å²) in [5, 5.41) is 3.11. The van der Waals surface area contributed by atoms with Crippen molar-refractivity contribution in [3.05, 3.63) is 29.8 Å². The van der Waals surface area contributed by atoms with Gasteiger partial charge in [-0.15, -0.1) is 11.8 Å². The van der Waals surface area contributed by atoms with Crippen LogP contribution in [0.25, 0.3) is 0 Å². The zero-order valence-corrected chi connectivity index (χ0v) is 12.6. The topological polar surface area (TPSA) is 55.1 Å². The van der Waals surface area contributed by atoms with Gasteiger partial charge < -0.3 is 11.1 Å². The molecule has 2 atom stereocenters. The van der Waals surface area contributed by atoms with Crippen LogP contribution in [-0.2, 0) is 11.2 Å². The van der Waals surface area contributed by atoms with Crippen molar-refractivity contribution < 1.29 is 4.79 Å². The summed E-state index contributed by atoms with van der Waals surface area (Å²) in [5.41, 5.74) is 6.76. The first-order valence-corrected chi connectivity index (χ1v) is 7.61. The molecular weight excluding hydrogens is 256 g/mol. The highest BCUT2D eigenvalue weighted by Gasteiger charge is 2.34. The smallest absolute Gasteiger partial charge is 0.234 e. The van der Waals surface area contributed by atoms with E-state index in [1.54, 1.807) is 11.8 Å². The lowest BCUT2D eigenvalue weighted by atomic mass is 9.88. The van der Waals surface area contributed by atoms with Crippen LogP contribution in [0.5, 0.6) is 0 Å². The van der Waals surface area contributed by atoms with Gasteiger partial charge in [0.15, 0.2) is 0 Å². The van der Waals surface area contributed by atoms with E-state index in [4.69, 9.17) is 5.73 Å². The highest BCUT2D eigenvalue weighted by atomic mass is 32.2. The van der Waals surface area contributed by atoms with Crippen molar-refractivity contribution in [2.75, 3.05) is 6.54 Å². The maximum atomic E-state index is 12.4. The first-order valence-electron chi connectivity index (χ1n) is 6.73. The molecule has 0 saturated carbocycles. The second-order valence-corrected chi connectivity index (χ2v) is 6.93. The molecule has 0 aliphatic carbocycles. The number of carbonyl (C=O) groups is 1. The molecule has 0 spiro atoms. The second kappa shape index (κ2) is 5.55. The molecule has 1 aliphatic heterocycles. The van der Waals surface area contributed by atoms with Gasteiger partial charge >= 0.3 is 0 Å². The average molecular weight is 278 g/mol. The number of nitrogens with one attached hydrogen (secondary N) is 1. The lowest BCUT2D eigenvalue weighted by Crippen LogP contribution is -2.56. The molecule has 4 heteroatoms. The summed E-state index contributed by atoms with van der Waals surface area (Å²) in [6.45, 7) is 6.65. The maximum Gasteiger partial charge on any atom is 0.234 e. The van der Waals surface area contributed by atoms with Gasteiger partial charge in [-0.3, -0.25) is 4.79 Å². The van der Waals surface area contributed by atoms with Crippen LogP contribution in [0, 0.1) is 5.92 Å². The number of rotatable bonds is 4. The zero-order valence-electron chi connectivity index (χ0n) is 11.8. The predicted molar refractivity (Wildman–Crippen MR) is 80.2 cm³/mol. The lowest BCUT2D eigenvalue weighted by Gasteiger charge is -2.34. The molecule has 2 unspecified atom stereocenters. The van der Waals surface area contributed by atoms with Gasteiger partial charge in [0, 0.05) is 11.4 Å². The Kier molecular flexibility index (Phi) is 4.21. The Morgan fingerprint density at radius 3 is 2.79 bits per heavy atom. The third-order valence-electron chi connectivity index (χ3n) is 4.05. The van der Waals surface area contributed by atoms with Gasteiger partial charge in [-0.2, -0.15) is 0 Å². The number of fused-ring (bicyclic) bond motifs is 1. The molecule has 0 bridgehead atoms. The van der Waals surface area contributed by atoms with Crippen molar-refractivity contribution in [1.82, 2.24) is 5.32 Å². The molecule has 0 fully saturated rings. The molecule has 19 heavy (non-hydrogen) atoms. The predicted octanol–water partition coefficient (Wildman–Crippen LogP) is 2.19. The van der Waals surface area contributed by atoms with E-state index in [1.807, 2.05) is 19.1 Å². The van der Waals surface area contributed by atoms with E-state index in [0.717, 1.165) is 6.42 Å². The van der Waals surface area contributed by atoms with Crippen molar-refractivity contribution in [2.24, 2.45) is 11.7 Å². The number of carbonyl (C=O) groups excluding carboxylic acids is 1. The number of amides is 1. The van der Waals surface area contributed by atoms with Gasteiger partial charge in [-0.25, -0.2) is 0 Å². The molecule has 1 aromatic rings. The molecule has 1 heterocycles. The largest absolute Gasteiger partial charge is 0.348 e. The van der Waals surface area contributed by atoms with Gasteiger partial charge in [-0.05, 0) is 30.9 Å². The van der Waals surface area contributed by atoms with Gasteiger partial charge in [0.1, 0.15) is 0 Å². The van der Waals surface area contributed by atoms with Gasteiger partial charge in [0.2, 0.25) is 5.91 Å². The summed E-state index contributed by atoms with van der Waals surface area (Å²) in [7, 11) is 0. The van der Waals surface area contributed by atoms with E-state index >= 15 is 0 Å². The van der Waals surface area contributed by atoms with Crippen LogP contribution in [0.1, 0.15) is 26.3 Å². The molecule has 3 N–H and O–H groups in total. The van der Waals surface area contributed by atoms with Gasteiger partial charge in [0.05, 0.1) is 10.8 Å². The summed E-state index contributed by atoms with van der Waals surface area (Å²) in [6, 6.07) is 8.22. The maximum absolute atomic E-state index is 12.4. The summed E-state index contributed by atoms with van der Waals surface area (Å²) >= 11 is 1.65. The van der Waals surface area contributed by atoms with E-state index in [-0.39, 0.29) is 16.7 Å². The third-order valence-corrected chi connectivity index (χ3v) is 5.36. The zero-order chi connectivity index (χ0) is 14.0. The summed E-state index contributed by atoms with van der Waals surface area (Å²) in [4.78, 5) is 13.6. The Bertz CT molecular complexity index is 450. The normalized spacial score (nSPS) is 21.0. The lowest BCUT2D eigenvalue weighted by molar-refractivity contribution is -0.122. The van der Waals surface area contributed by atoms with E-state index < -0.39 is 0 Å². The minimum absolute atomic E-state index is 0.0259. The molecule has 1 amide bonds. The second-order valence-electron chi connectivity index (χ2n) is 5.68. The quantitative estimate of drug-likeness (QED) is 0.887. The first kappa shape index (κ1) is 14.4.